The monoisotopic (exact) mass is 430 g/mol. The first-order chi connectivity index (χ1) is 12.7. The maximum Gasteiger partial charge on any atom is 0.241 e. The molecule has 0 atom stereocenters. The highest BCUT2D eigenvalue weighted by molar-refractivity contribution is 7.92. The largest absolute Gasteiger partial charge is 0.494 e. The van der Waals surface area contributed by atoms with Gasteiger partial charge in [0.05, 0.1) is 23.6 Å². The second kappa shape index (κ2) is 9.30. The van der Waals surface area contributed by atoms with E-state index >= 15 is 0 Å². The predicted octanol–water partition coefficient (Wildman–Crippen LogP) is 3.47. The molecule has 2 aromatic rings. The van der Waals surface area contributed by atoms with Crippen LogP contribution in [0.3, 0.4) is 0 Å². The maximum absolute atomic E-state index is 12.4. The number of para-hydroxylation sites is 1. The van der Waals surface area contributed by atoms with Crippen molar-refractivity contribution in [1.29, 1.82) is 0 Å². The lowest BCUT2D eigenvalue weighted by atomic mass is 10.2. The van der Waals surface area contributed by atoms with Crippen molar-refractivity contribution in [3.8, 4) is 5.75 Å². The van der Waals surface area contributed by atoms with Crippen LogP contribution in [-0.2, 0) is 21.4 Å². The van der Waals surface area contributed by atoms with Crippen LogP contribution in [0.15, 0.2) is 42.5 Å². The number of nitrogens with zero attached hydrogens (tertiary/aromatic N) is 1. The number of nitrogens with one attached hydrogen (secondary N) is 1. The van der Waals surface area contributed by atoms with Gasteiger partial charge in [-0.3, -0.25) is 9.10 Å². The van der Waals surface area contributed by atoms with Gasteiger partial charge in [0.2, 0.25) is 15.9 Å². The Morgan fingerprint density at radius 1 is 1.19 bits per heavy atom. The fourth-order valence-corrected chi connectivity index (χ4v) is 3.68. The Labute approximate surface area is 169 Å². The molecule has 0 aliphatic carbocycles. The van der Waals surface area contributed by atoms with Gasteiger partial charge < -0.3 is 10.1 Å². The Balaban J connectivity index is 2.15. The second-order valence-electron chi connectivity index (χ2n) is 5.68. The highest BCUT2D eigenvalue weighted by Gasteiger charge is 2.23. The van der Waals surface area contributed by atoms with E-state index in [0.29, 0.717) is 17.4 Å². The molecule has 0 aliphatic rings. The average Bonchev–Trinajstić information content (AvgIpc) is 2.60. The molecule has 9 heteroatoms. The van der Waals surface area contributed by atoms with E-state index in [1.165, 1.54) is 12.1 Å². The number of sulfonamides is 1. The Hall–Kier alpha value is -1.96. The van der Waals surface area contributed by atoms with Crippen LogP contribution in [0.4, 0.5) is 5.69 Å². The number of carbonyl (C=O) groups is 1. The number of hydrogen-bond acceptors (Lipinski definition) is 4. The smallest absolute Gasteiger partial charge is 0.241 e. The molecule has 0 spiro atoms. The number of benzene rings is 2. The molecule has 0 heterocycles. The van der Waals surface area contributed by atoms with Crippen molar-refractivity contribution in [2.75, 3.05) is 23.7 Å². The third-order valence-electron chi connectivity index (χ3n) is 3.61. The number of anilines is 1. The number of hydrogen-bond donors (Lipinski definition) is 1. The molecule has 0 aromatic heterocycles. The molecular weight excluding hydrogens is 411 g/mol. The molecule has 146 valence electrons. The van der Waals surface area contributed by atoms with Crippen LogP contribution in [-0.4, -0.2) is 33.7 Å². The lowest BCUT2D eigenvalue weighted by molar-refractivity contribution is -0.119. The van der Waals surface area contributed by atoms with Crippen LogP contribution in [0.1, 0.15) is 12.5 Å². The second-order valence-corrected chi connectivity index (χ2v) is 8.43. The van der Waals surface area contributed by atoms with E-state index in [2.05, 4.69) is 5.32 Å². The normalized spacial score (nSPS) is 11.1. The Morgan fingerprint density at radius 2 is 1.89 bits per heavy atom. The van der Waals surface area contributed by atoms with E-state index in [1.54, 1.807) is 12.1 Å². The van der Waals surface area contributed by atoms with E-state index in [9.17, 15) is 13.2 Å². The molecule has 1 N–H and O–H groups in total. The minimum absolute atomic E-state index is 0.150. The summed E-state index contributed by atoms with van der Waals surface area (Å²) in [7, 11) is -3.75. The molecule has 1 amide bonds. The summed E-state index contributed by atoms with van der Waals surface area (Å²) in [5.41, 5.74) is 0.941. The molecule has 0 unspecified atom stereocenters. The maximum atomic E-state index is 12.4. The highest BCUT2D eigenvalue weighted by atomic mass is 35.5. The highest BCUT2D eigenvalue weighted by Crippen LogP contribution is 2.30. The van der Waals surface area contributed by atoms with Crippen LogP contribution in [0.25, 0.3) is 0 Å². The third kappa shape index (κ3) is 6.02. The summed E-state index contributed by atoms with van der Waals surface area (Å²) in [5, 5.41) is 3.20. The van der Waals surface area contributed by atoms with Crippen molar-refractivity contribution in [1.82, 2.24) is 5.32 Å². The first-order valence-electron chi connectivity index (χ1n) is 8.12. The van der Waals surface area contributed by atoms with Gasteiger partial charge in [-0.15, -0.1) is 0 Å². The standard InChI is InChI=1S/C18H20Cl2N2O4S/c1-3-26-17-7-5-4-6-13(17)11-21-18(23)12-22(27(2,24)25)16-10-14(19)8-9-15(16)20/h4-10H,3,11-12H2,1-2H3,(H,21,23). The molecule has 27 heavy (non-hydrogen) atoms. The van der Waals surface area contributed by atoms with E-state index in [0.717, 1.165) is 16.1 Å². The average molecular weight is 431 g/mol. The summed E-state index contributed by atoms with van der Waals surface area (Å²) in [6.45, 7) is 2.15. The van der Waals surface area contributed by atoms with Crippen molar-refractivity contribution in [2.45, 2.75) is 13.5 Å². The first-order valence-corrected chi connectivity index (χ1v) is 10.7. The molecule has 0 fully saturated rings. The Morgan fingerprint density at radius 3 is 2.56 bits per heavy atom. The summed E-state index contributed by atoms with van der Waals surface area (Å²) < 4.78 is 30.8. The van der Waals surface area contributed by atoms with Crippen molar-refractivity contribution >= 4 is 44.8 Å². The van der Waals surface area contributed by atoms with E-state index in [4.69, 9.17) is 27.9 Å². The van der Waals surface area contributed by atoms with Crippen molar-refractivity contribution in [3.63, 3.8) is 0 Å². The van der Waals surface area contributed by atoms with Gasteiger partial charge in [0, 0.05) is 17.1 Å². The Kier molecular flexibility index (Phi) is 7.35. The number of ether oxygens (including phenoxy) is 1. The van der Waals surface area contributed by atoms with Gasteiger partial charge in [-0.1, -0.05) is 41.4 Å². The number of carbonyl (C=O) groups excluding carboxylic acids is 1. The zero-order valence-electron chi connectivity index (χ0n) is 14.9. The van der Waals surface area contributed by atoms with E-state index < -0.39 is 22.5 Å². The molecule has 2 aromatic carbocycles. The number of halogens is 2. The quantitative estimate of drug-likeness (QED) is 0.695. The first kappa shape index (κ1) is 21.3. The Bertz CT molecular complexity index is 919. The van der Waals surface area contributed by atoms with Gasteiger partial charge >= 0.3 is 0 Å². The topological polar surface area (TPSA) is 75.7 Å². The molecule has 0 radical (unpaired) electrons. The van der Waals surface area contributed by atoms with Gasteiger partial charge in [-0.05, 0) is 31.2 Å². The summed E-state index contributed by atoms with van der Waals surface area (Å²) in [6, 6.07) is 11.7. The van der Waals surface area contributed by atoms with Crippen LogP contribution >= 0.6 is 23.2 Å². The van der Waals surface area contributed by atoms with Crippen molar-refractivity contribution < 1.29 is 17.9 Å². The molecule has 6 nitrogen and oxygen atoms in total. The van der Waals surface area contributed by atoms with Gasteiger partial charge in [0.1, 0.15) is 12.3 Å². The molecule has 2 rings (SSSR count). The minimum Gasteiger partial charge on any atom is -0.494 e. The zero-order valence-corrected chi connectivity index (χ0v) is 17.2. The summed E-state index contributed by atoms with van der Waals surface area (Å²) in [4.78, 5) is 12.4. The summed E-state index contributed by atoms with van der Waals surface area (Å²) in [6.07, 6.45) is 1.00. The third-order valence-corrected chi connectivity index (χ3v) is 5.29. The SMILES string of the molecule is CCOc1ccccc1CNC(=O)CN(c1cc(Cl)ccc1Cl)S(C)(=O)=O. The number of rotatable bonds is 8. The molecular formula is C18H20Cl2N2O4S. The van der Waals surface area contributed by atoms with E-state index in [-0.39, 0.29) is 17.3 Å². The van der Waals surface area contributed by atoms with Crippen LogP contribution in [0, 0.1) is 0 Å². The molecule has 0 bridgehead atoms. The minimum atomic E-state index is -3.75. The fraction of sp³-hybridized carbons (Fsp3) is 0.278. The zero-order chi connectivity index (χ0) is 20.0. The van der Waals surface area contributed by atoms with Crippen LogP contribution in [0.5, 0.6) is 5.75 Å². The van der Waals surface area contributed by atoms with E-state index in [1.807, 2.05) is 25.1 Å². The molecule has 0 saturated heterocycles. The van der Waals surface area contributed by atoms with Gasteiger partial charge in [-0.25, -0.2) is 8.42 Å². The molecule has 0 aliphatic heterocycles. The van der Waals surface area contributed by atoms with Gasteiger partial charge in [-0.2, -0.15) is 0 Å². The fourth-order valence-electron chi connectivity index (χ4n) is 2.38. The van der Waals surface area contributed by atoms with Crippen molar-refractivity contribution in [2.24, 2.45) is 0 Å². The summed E-state index contributed by atoms with van der Waals surface area (Å²) in [5.74, 6) is 0.181. The van der Waals surface area contributed by atoms with Crippen LogP contribution < -0.4 is 14.4 Å². The predicted molar refractivity (Wildman–Crippen MR) is 108 cm³/mol. The van der Waals surface area contributed by atoms with Crippen molar-refractivity contribution in [3.05, 3.63) is 58.1 Å². The van der Waals surface area contributed by atoms with Crippen LogP contribution in [0.2, 0.25) is 10.0 Å². The summed E-state index contributed by atoms with van der Waals surface area (Å²) >= 11 is 12.0. The molecule has 0 saturated carbocycles. The van der Waals surface area contributed by atoms with Gasteiger partial charge in [0.15, 0.2) is 0 Å². The van der Waals surface area contributed by atoms with Gasteiger partial charge in [0.25, 0.3) is 0 Å². The lowest BCUT2D eigenvalue weighted by Gasteiger charge is -2.23. The lowest BCUT2D eigenvalue weighted by Crippen LogP contribution is -2.40. The number of amides is 1.